The number of ether oxygens (including phenoxy) is 1. The van der Waals surface area contributed by atoms with Gasteiger partial charge in [0.05, 0.1) is 12.2 Å². The van der Waals surface area contributed by atoms with Crippen molar-refractivity contribution in [2.45, 2.75) is 33.6 Å². The number of nitrogens with one attached hydrogen (secondary N) is 2. The molecule has 33 heavy (non-hydrogen) atoms. The summed E-state index contributed by atoms with van der Waals surface area (Å²) in [6.45, 7) is 6.99. The third kappa shape index (κ3) is 4.46. The van der Waals surface area contributed by atoms with Crippen LogP contribution in [0, 0.1) is 11.3 Å². The molecule has 5 rings (SSSR count). The van der Waals surface area contributed by atoms with Gasteiger partial charge in [0.15, 0.2) is 5.58 Å². The molecule has 3 aromatic heterocycles. The Balaban J connectivity index is 1.54. The van der Waals surface area contributed by atoms with Gasteiger partial charge in [0.1, 0.15) is 22.9 Å². The van der Waals surface area contributed by atoms with E-state index in [0.29, 0.717) is 35.2 Å². The van der Waals surface area contributed by atoms with Crippen LogP contribution in [0.4, 0.5) is 11.6 Å². The number of anilines is 2. The number of aromatic nitrogens is 3. The van der Waals surface area contributed by atoms with Gasteiger partial charge in [-0.25, -0.2) is 15.0 Å². The van der Waals surface area contributed by atoms with E-state index < -0.39 is 0 Å². The number of carbonyl (C=O) groups excluding carboxylic acids is 1. The number of nitrogens with zero attached hydrogens (tertiary/aromatic N) is 3. The second kappa shape index (κ2) is 8.03. The number of benzene rings is 1. The summed E-state index contributed by atoms with van der Waals surface area (Å²) in [5, 5.41) is 7.66. The highest BCUT2D eigenvalue weighted by Crippen LogP contribution is 2.35. The Morgan fingerprint density at radius 3 is 2.70 bits per heavy atom. The SMILES string of the molecule is CNc1ncc(-c2nc3cc(OCC(C)(C)C)ccc3o2)c2cc(NC(=O)C3CC3)ncc12. The van der Waals surface area contributed by atoms with Crippen LogP contribution in [-0.2, 0) is 4.79 Å². The van der Waals surface area contributed by atoms with Crippen LogP contribution in [-0.4, -0.2) is 34.5 Å². The molecule has 0 unspecified atom stereocenters. The number of carbonyl (C=O) groups is 1. The second-order valence-electron chi connectivity index (χ2n) is 9.65. The van der Waals surface area contributed by atoms with Gasteiger partial charge in [-0.1, -0.05) is 20.8 Å². The number of fused-ring (bicyclic) bond motifs is 2. The zero-order valence-electron chi connectivity index (χ0n) is 19.2. The molecule has 1 fully saturated rings. The van der Waals surface area contributed by atoms with E-state index in [0.717, 1.165) is 34.9 Å². The van der Waals surface area contributed by atoms with E-state index in [9.17, 15) is 4.79 Å². The van der Waals surface area contributed by atoms with Crippen molar-refractivity contribution in [3.05, 3.63) is 36.7 Å². The van der Waals surface area contributed by atoms with Crippen molar-refractivity contribution in [2.75, 3.05) is 24.3 Å². The Labute approximate surface area is 191 Å². The molecule has 0 atom stereocenters. The van der Waals surface area contributed by atoms with Gasteiger partial charge in [-0.2, -0.15) is 0 Å². The molecule has 1 saturated carbocycles. The molecule has 1 amide bonds. The summed E-state index contributed by atoms with van der Waals surface area (Å²) in [4.78, 5) is 25.9. The van der Waals surface area contributed by atoms with Crippen molar-refractivity contribution in [2.24, 2.45) is 11.3 Å². The van der Waals surface area contributed by atoms with Crippen molar-refractivity contribution in [3.8, 4) is 17.2 Å². The van der Waals surface area contributed by atoms with Gasteiger partial charge in [0.2, 0.25) is 11.8 Å². The first-order valence-electron chi connectivity index (χ1n) is 11.1. The highest BCUT2D eigenvalue weighted by molar-refractivity contribution is 6.03. The van der Waals surface area contributed by atoms with E-state index in [1.54, 1.807) is 12.4 Å². The van der Waals surface area contributed by atoms with E-state index in [4.69, 9.17) is 14.1 Å². The molecule has 0 spiro atoms. The van der Waals surface area contributed by atoms with Crippen molar-refractivity contribution in [1.82, 2.24) is 15.0 Å². The molecule has 170 valence electrons. The fraction of sp³-hybridized carbons (Fsp3) is 0.360. The van der Waals surface area contributed by atoms with Crippen molar-refractivity contribution in [3.63, 3.8) is 0 Å². The lowest BCUT2D eigenvalue weighted by atomic mass is 9.99. The van der Waals surface area contributed by atoms with Crippen LogP contribution in [0.15, 0.2) is 41.1 Å². The summed E-state index contributed by atoms with van der Waals surface area (Å²) in [5.74, 6) is 2.50. The lowest BCUT2D eigenvalue weighted by Crippen LogP contribution is -2.16. The maximum atomic E-state index is 12.2. The van der Waals surface area contributed by atoms with Gasteiger partial charge in [-0.05, 0) is 36.5 Å². The van der Waals surface area contributed by atoms with Gasteiger partial charge in [0.25, 0.3) is 0 Å². The number of hydrogen-bond donors (Lipinski definition) is 2. The predicted octanol–water partition coefficient (Wildman–Crippen LogP) is 5.25. The summed E-state index contributed by atoms with van der Waals surface area (Å²) in [7, 11) is 1.81. The van der Waals surface area contributed by atoms with Gasteiger partial charge in [-0.15, -0.1) is 0 Å². The van der Waals surface area contributed by atoms with E-state index >= 15 is 0 Å². The Morgan fingerprint density at radius 1 is 1.15 bits per heavy atom. The van der Waals surface area contributed by atoms with Crippen LogP contribution >= 0.6 is 0 Å². The van der Waals surface area contributed by atoms with Crippen LogP contribution in [0.1, 0.15) is 33.6 Å². The molecule has 8 heteroatoms. The summed E-state index contributed by atoms with van der Waals surface area (Å²) < 4.78 is 12.0. The lowest BCUT2D eigenvalue weighted by Gasteiger charge is -2.18. The minimum Gasteiger partial charge on any atom is -0.493 e. The maximum absolute atomic E-state index is 12.2. The van der Waals surface area contributed by atoms with Gasteiger partial charge >= 0.3 is 0 Å². The Kier molecular flexibility index (Phi) is 5.15. The third-order valence-corrected chi connectivity index (χ3v) is 5.47. The average Bonchev–Trinajstić information content (AvgIpc) is 3.55. The van der Waals surface area contributed by atoms with Crippen molar-refractivity contribution in [1.29, 1.82) is 0 Å². The topological polar surface area (TPSA) is 102 Å². The average molecular weight is 446 g/mol. The maximum Gasteiger partial charge on any atom is 0.229 e. The minimum atomic E-state index is 0.0101. The summed E-state index contributed by atoms with van der Waals surface area (Å²) in [5.41, 5.74) is 2.15. The Hall–Kier alpha value is -3.68. The normalized spacial score (nSPS) is 13.9. The molecule has 1 aliphatic rings. The van der Waals surface area contributed by atoms with Crippen LogP contribution in [0.25, 0.3) is 33.3 Å². The molecule has 1 aromatic carbocycles. The number of pyridine rings is 2. The molecule has 8 nitrogen and oxygen atoms in total. The predicted molar refractivity (Wildman–Crippen MR) is 128 cm³/mol. The van der Waals surface area contributed by atoms with Crippen LogP contribution in [0.5, 0.6) is 5.75 Å². The highest BCUT2D eigenvalue weighted by atomic mass is 16.5. The molecule has 4 aromatic rings. The zero-order chi connectivity index (χ0) is 23.2. The van der Waals surface area contributed by atoms with Gasteiger partial charge < -0.3 is 19.8 Å². The monoisotopic (exact) mass is 445 g/mol. The fourth-order valence-electron chi connectivity index (χ4n) is 3.56. The van der Waals surface area contributed by atoms with Crippen molar-refractivity contribution < 1.29 is 13.9 Å². The first kappa shape index (κ1) is 21.2. The zero-order valence-corrected chi connectivity index (χ0v) is 19.2. The molecule has 1 aliphatic carbocycles. The van der Waals surface area contributed by atoms with E-state index in [2.05, 4.69) is 41.4 Å². The number of oxazole rings is 1. The number of amides is 1. The molecular formula is C25H27N5O3. The third-order valence-electron chi connectivity index (χ3n) is 5.47. The second-order valence-corrected chi connectivity index (χ2v) is 9.65. The van der Waals surface area contributed by atoms with Crippen LogP contribution in [0.2, 0.25) is 0 Å². The van der Waals surface area contributed by atoms with Gasteiger partial charge in [0, 0.05) is 42.2 Å². The summed E-state index contributed by atoms with van der Waals surface area (Å²) in [6.07, 6.45) is 5.30. The Bertz CT molecular complexity index is 1350. The molecule has 2 N–H and O–H groups in total. The smallest absolute Gasteiger partial charge is 0.229 e. The number of rotatable bonds is 6. The summed E-state index contributed by atoms with van der Waals surface area (Å²) >= 11 is 0. The first-order chi connectivity index (χ1) is 15.8. The Morgan fingerprint density at radius 2 is 1.97 bits per heavy atom. The summed E-state index contributed by atoms with van der Waals surface area (Å²) in [6, 6.07) is 7.48. The lowest BCUT2D eigenvalue weighted by molar-refractivity contribution is -0.117. The van der Waals surface area contributed by atoms with E-state index in [1.165, 1.54) is 0 Å². The molecular weight excluding hydrogens is 418 g/mol. The van der Waals surface area contributed by atoms with Crippen LogP contribution in [0.3, 0.4) is 0 Å². The standard InChI is InChI=1S/C25H27N5O3/c1-25(2,3)13-32-15-7-8-20-19(9-15)29-24(33-20)18-12-28-22(26-4)17-11-27-21(10-16(17)18)30-23(31)14-5-6-14/h7-12,14H,5-6,13H2,1-4H3,(H,26,28)(H,27,30,31). The molecule has 0 saturated heterocycles. The highest BCUT2D eigenvalue weighted by Gasteiger charge is 2.30. The molecule has 3 heterocycles. The van der Waals surface area contributed by atoms with Crippen molar-refractivity contribution >= 4 is 39.4 Å². The van der Waals surface area contributed by atoms with E-state index in [1.807, 2.05) is 31.3 Å². The molecule has 0 bridgehead atoms. The minimum absolute atomic E-state index is 0.0101. The molecule has 0 radical (unpaired) electrons. The molecule has 0 aliphatic heterocycles. The first-order valence-corrected chi connectivity index (χ1v) is 11.1. The van der Waals surface area contributed by atoms with Gasteiger partial charge in [-0.3, -0.25) is 4.79 Å². The fourth-order valence-corrected chi connectivity index (χ4v) is 3.56. The number of hydrogen-bond acceptors (Lipinski definition) is 7. The largest absolute Gasteiger partial charge is 0.493 e. The quantitative estimate of drug-likeness (QED) is 0.418. The van der Waals surface area contributed by atoms with Crippen LogP contribution < -0.4 is 15.4 Å². The van der Waals surface area contributed by atoms with E-state index in [-0.39, 0.29) is 17.2 Å².